The van der Waals surface area contributed by atoms with Gasteiger partial charge in [-0.05, 0) is 42.9 Å². The van der Waals surface area contributed by atoms with Gasteiger partial charge in [-0.3, -0.25) is 0 Å². The van der Waals surface area contributed by atoms with Crippen molar-refractivity contribution in [3.8, 4) is 5.75 Å². The topological polar surface area (TPSA) is 35.2 Å². The Labute approximate surface area is 105 Å². The summed E-state index contributed by atoms with van der Waals surface area (Å²) in [5.74, 6) is 1.99. The summed E-state index contributed by atoms with van der Waals surface area (Å²) in [7, 11) is 1.76. The Morgan fingerprint density at radius 2 is 1.88 bits per heavy atom. The van der Waals surface area contributed by atoms with Crippen LogP contribution in [0.25, 0.3) is 0 Å². The van der Waals surface area contributed by atoms with Crippen molar-refractivity contribution in [1.29, 1.82) is 0 Å². The number of nitrogens with two attached hydrogens (primary N) is 1. The number of ether oxygens (including phenoxy) is 1. The van der Waals surface area contributed by atoms with E-state index in [0.29, 0.717) is 11.8 Å². The average Bonchev–Trinajstić information content (AvgIpc) is 2.28. The van der Waals surface area contributed by atoms with Crippen molar-refractivity contribution >= 4 is 0 Å². The molecule has 0 heterocycles. The highest BCUT2D eigenvalue weighted by atomic mass is 16.5. The van der Waals surface area contributed by atoms with Crippen LogP contribution in [0, 0.1) is 6.92 Å². The van der Waals surface area contributed by atoms with Gasteiger partial charge >= 0.3 is 0 Å². The molecular formula is C15H25NO. The summed E-state index contributed by atoms with van der Waals surface area (Å²) < 4.78 is 5.65. The molecule has 1 unspecified atom stereocenters. The van der Waals surface area contributed by atoms with Crippen LogP contribution in [0.1, 0.15) is 55.7 Å². The zero-order valence-corrected chi connectivity index (χ0v) is 11.7. The lowest BCUT2D eigenvalue weighted by atomic mass is 9.88. The third-order valence-electron chi connectivity index (χ3n) is 3.36. The number of methoxy groups -OCH3 is 1. The summed E-state index contributed by atoms with van der Waals surface area (Å²) >= 11 is 0. The fourth-order valence-electron chi connectivity index (χ4n) is 2.40. The van der Waals surface area contributed by atoms with Crippen molar-refractivity contribution in [2.24, 2.45) is 5.73 Å². The molecule has 1 aromatic rings. The first-order chi connectivity index (χ1) is 8.02. The molecular weight excluding hydrogens is 210 g/mol. The van der Waals surface area contributed by atoms with Crippen molar-refractivity contribution in [2.75, 3.05) is 13.7 Å². The van der Waals surface area contributed by atoms with Crippen LogP contribution in [-0.2, 0) is 0 Å². The summed E-state index contributed by atoms with van der Waals surface area (Å²) in [6, 6.07) is 4.37. The van der Waals surface area contributed by atoms with E-state index in [9.17, 15) is 0 Å². The molecule has 0 spiro atoms. The maximum Gasteiger partial charge on any atom is 0.126 e. The molecule has 1 aromatic carbocycles. The number of rotatable bonds is 5. The normalized spacial score (nSPS) is 12.9. The van der Waals surface area contributed by atoms with Gasteiger partial charge in [-0.2, -0.15) is 0 Å². The lowest BCUT2D eigenvalue weighted by Gasteiger charge is -2.22. The van der Waals surface area contributed by atoms with Gasteiger partial charge in [-0.25, -0.2) is 0 Å². The number of benzene rings is 1. The number of hydrogen-bond donors (Lipinski definition) is 1. The average molecular weight is 235 g/mol. The second kappa shape index (κ2) is 6.06. The Hall–Kier alpha value is -1.02. The van der Waals surface area contributed by atoms with Crippen LogP contribution in [0.2, 0.25) is 0 Å². The van der Waals surface area contributed by atoms with Crippen LogP contribution in [0.4, 0.5) is 0 Å². The van der Waals surface area contributed by atoms with E-state index in [0.717, 1.165) is 18.7 Å². The van der Waals surface area contributed by atoms with E-state index in [2.05, 4.69) is 39.8 Å². The molecule has 0 fully saturated rings. The molecule has 2 N–H and O–H groups in total. The van der Waals surface area contributed by atoms with Crippen LogP contribution < -0.4 is 10.5 Å². The van der Waals surface area contributed by atoms with Crippen LogP contribution in [0.15, 0.2) is 12.1 Å². The Bertz CT molecular complexity index is 371. The van der Waals surface area contributed by atoms with E-state index in [1.54, 1.807) is 7.11 Å². The first-order valence-electron chi connectivity index (χ1n) is 6.40. The van der Waals surface area contributed by atoms with E-state index in [1.165, 1.54) is 16.7 Å². The van der Waals surface area contributed by atoms with Gasteiger partial charge in [0.1, 0.15) is 5.75 Å². The van der Waals surface area contributed by atoms with Gasteiger partial charge in [0.2, 0.25) is 0 Å². The molecule has 0 saturated heterocycles. The second-order valence-corrected chi connectivity index (χ2v) is 5.05. The lowest BCUT2D eigenvalue weighted by Crippen LogP contribution is -2.09. The van der Waals surface area contributed by atoms with Crippen LogP contribution in [0.5, 0.6) is 5.75 Å². The minimum atomic E-state index is 0.452. The van der Waals surface area contributed by atoms with Gasteiger partial charge in [-0.15, -0.1) is 0 Å². The standard InChI is InChI=1S/C15H25NO/c1-10(2)13-7-6-11(3)14(15(13)17-5)12(4)8-9-16/h6-7,10,12H,8-9,16H2,1-5H3. The predicted molar refractivity (Wildman–Crippen MR) is 73.9 cm³/mol. The smallest absolute Gasteiger partial charge is 0.126 e. The van der Waals surface area contributed by atoms with Crippen molar-refractivity contribution in [3.05, 3.63) is 28.8 Å². The van der Waals surface area contributed by atoms with E-state index in [1.807, 2.05) is 0 Å². The first kappa shape index (κ1) is 14.0. The van der Waals surface area contributed by atoms with Crippen molar-refractivity contribution in [3.63, 3.8) is 0 Å². The van der Waals surface area contributed by atoms with E-state index in [4.69, 9.17) is 10.5 Å². The molecule has 1 rings (SSSR count). The van der Waals surface area contributed by atoms with Gasteiger partial charge in [0, 0.05) is 5.56 Å². The van der Waals surface area contributed by atoms with Gasteiger partial charge in [0.05, 0.1) is 7.11 Å². The fraction of sp³-hybridized carbons (Fsp3) is 0.600. The van der Waals surface area contributed by atoms with Crippen LogP contribution in [0.3, 0.4) is 0 Å². The third kappa shape index (κ3) is 3.01. The molecule has 96 valence electrons. The highest BCUT2D eigenvalue weighted by Gasteiger charge is 2.18. The molecule has 0 aliphatic carbocycles. The van der Waals surface area contributed by atoms with Crippen molar-refractivity contribution in [2.45, 2.75) is 46.0 Å². The minimum Gasteiger partial charge on any atom is -0.496 e. The van der Waals surface area contributed by atoms with E-state index >= 15 is 0 Å². The zero-order chi connectivity index (χ0) is 13.0. The van der Waals surface area contributed by atoms with Gasteiger partial charge in [0.25, 0.3) is 0 Å². The molecule has 0 aliphatic rings. The zero-order valence-electron chi connectivity index (χ0n) is 11.7. The van der Waals surface area contributed by atoms with Gasteiger partial charge in [-0.1, -0.05) is 32.9 Å². The Balaban J connectivity index is 3.29. The molecule has 0 saturated carbocycles. The molecule has 1 atom stereocenters. The second-order valence-electron chi connectivity index (χ2n) is 5.05. The molecule has 2 nitrogen and oxygen atoms in total. The van der Waals surface area contributed by atoms with Gasteiger partial charge < -0.3 is 10.5 Å². The largest absolute Gasteiger partial charge is 0.496 e. The lowest BCUT2D eigenvalue weighted by molar-refractivity contribution is 0.397. The van der Waals surface area contributed by atoms with E-state index in [-0.39, 0.29) is 0 Å². The first-order valence-corrected chi connectivity index (χ1v) is 6.40. The predicted octanol–water partition coefficient (Wildman–Crippen LogP) is 3.58. The summed E-state index contributed by atoms with van der Waals surface area (Å²) in [5.41, 5.74) is 9.58. The molecule has 0 bridgehead atoms. The Kier molecular flexibility index (Phi) is 5.01. The molecule has 17 heavy (non-hydrogen) atoms. The summed E-state index contributed by atoms with van der Waals surface area (Å²) in [6.45, 7) is 9.49. The molecule has 0 radical (unpaired) electrons. The minimum absolute atomic E-state index is 0.452. The highest BCUT2D eigenvalue weighted by Crippen LogP contribution is 2.37. The van der Waals surface area contributed by atoms with E-state index < -0.39 is 0 Å². The summed E-state index contributed by atoms with van der Waals surface area (Å²) in [6.07, 6.45) is 0.999. The van der Waals surface area contributed by atoms with Crippen molar-refractivity contribution in [1.82, 2.24) is 0 Å². The molecule has 2 heteroatoms. The maximum atomic E-state index is 5.67. The van der Waals surface area contributed by atoms with Crippen LogP contribution >= 0.6 is 0 Å². The molecule has 0 aromatic heterocycles. The molecule has 0 aliphatic heterocycles. The summed E-state index contributed by atoms with van der Waals surface area (Å²) in [4.78, 5) is 0. The van der Waals surface area contributed by atoms with Gasteiger partial charge in [0.15, 0.2) is 0 Å². The fourth-order valence-corrected chi connectivity index (χ4v) is 2.40. The monoisotopic (exact) mass is 235 g/mol. The SMILES string of the molecule is COc1c(C(C)C)ccc(C)c1C(C)CCN. The quantitative estimate of drug-likeness (QED) is 0.846. The highest BCUT2D eigenvalue weighted by molar-refractivity contribution is 5.49. The van der Waals surface area contributed by atoms with Crippen LogP contribution in [-0.4, -0.2) is 13.7 Å². The Morgan fingerprint density at radius 1 is 1.24 bits per heavy atom. The number of hydrogen-bond acceptors (Lipinski definition) is 2. The van der Waals surface area contributed by atoms with Crippen molar-refractivity contribution < 1.29 is 4.74 Å². The maximum absolute atomic E-state index is 5.67. The summed E-state index contributed by atoms with van der Waals surface area (Å²) in [5, 5.41) is 0. The number of aryl methyl sites for hydroxylation is 1. The third-order valence-corrected chi connectivity index (χ3v) is 3.36. The Morgan fingerprint density at radius 3 is 2.35 bits per heavy atom. The molecule has 0 amide bonds.